The fourth-order valence-electron chi connectivity index (χ4n) is 2.72. The fourth-order valence-corrected chi connectivity index (χ4v) is 4.26. The fraction of sp³-hybridized carbons (Fsp3) is 0.667. The summed E-state index contributed by atoms with van der Waals surface area (Å²) in [4.78, 5) is 15.4. The average molecular weight is 359 g/mol. The van der Waals surface area contributed by atoms with Crippen LogP contribution in [0.4, 0.5) is 0 Å². The average Bonchev–Trinajstić information content (AvgIpc) is 2.85. The van der Waals surface area contributed by atoms with Crippen molar-refractivity contribution in [2.75, 3.05) is 20.1 Å². The highest BCUT2D eigenvalue weighted by Crippen LogP contribution is 2.25. The molecule has 2 unspecified atom stereocenters. The largest absolute Gasteiger partial charge is 0.341 e. The van der Waals surface area contributed by atoms with E-state index in [1.165, 1.54) is 17.7 Å². The Morgan fingerprint density at radius 1 is 1.60 bits per heavy atom. The minimum absolute atomic E-state index is 0.257. The molecule has 1 aromatic rings. The van der Waals surface area contributed by atoms with Crippen LogP contribution in [0.25, 0.3) is 0 Å². The summed E-state index contributed by atoms with van der Waals surface area (Å²) in [6, 6.07) is 4.11. The molecule has 112 valence electrons. The maximum Gasteiger partial charge on any atom is 0.222 e. The number of halogens is 1. The van der Waals surface area contributed by atoms with Crippen LogP contribution in [-0.4, -0.2) is 30.9 Å². The maximum atomic E-state index is 12.3. The first-order chi connectivity index (χ1) is 9.56. The molecule has 1 aliphatic heterocycles. The molecule has 1 amide bonds. The first-order valence-corrected chi connectivity index (χ1v) is 8.86. The van der Waals surface area contributed by atoms with Crippen molar-refractivity contribution in [2.24, 2.45) is 11.8 Å². The number of nitrogens with zero attached hydrogens (tertiary/aromatic N) is 1. The van der Waals surface area contributed by atoms with E-state index in [2.05, 4.69) is 34.2 Å². The van der Waals surface area contributed by atoms with Crippen molar-refractivity contribution in [3.8, 4) is 0 Å². The van der Waals surface area contributed by atoms with Crippen molar-refractivity contribution in [3.63, 3.8) is 0 Å². The molecule has 5 heteroatoms. The number of hydrogen-bond acceptors (Lipinski definition) is 3. The molecule has 0 saturated carbocycles. The summed E-state index contributed by atoms with van der Waals surface area (Å²) in [6.45, 7) is 5.12. The van der Waals surface area contributed by atoms with Gasteiger partial charge in [-0.25, -0.2) is 0 Å². The maximum absolute atomic E-state index is 12.3. The highest BCUT2D eigenvalue weighted by Gasteiger charge is 2.23. The molecule has 2 rings (SSSR count). The second-order valence-corrected chi connectivity index (χ2v) is 8.29. The van der Waals surface area contributed by atoms with E-state index < -0.39 is 0 Å². The summed E-state index contributed by atoms with van der Waals surface area (Å²) in [6.07, 6.45) is 3.15. The highest BCUT2D eigenvalue weighted by molar-refractivity contribution is 9.11. The molecule has 1 N–H and O–H groups in total. The van der Waals surface area contributed by atoms with E-state index in [9.17, 15) is 4.79 Å². The van der Waals surface area contributed by atoms with Gasteiger partial charge in [-0.2, -0.15) is 0 Å². The lowest BCUT2D eigenvalue weighted by molar-refractivity contribution is -0.131. The van der Waals surface area contributed by atoms with Crippen LogP contribution < -0.4 is 5.32 Å². The standard InChI is InChI=1S/C15H23BrN2OS/c1-11(12-4-3-7-17-9-12)8-15(19)18(2)10-13-5-6-14(16)20-13/h5-6,11-12,17H,3-4,7-10H2,1-2H3. The third kappa shape index (κ3) is 4.57. The molecule has 3 nitrogen and oxygen atoms in total. The number of nitrogens with one attached hydrogen (secondary N) is 1. The van der Waals surface area contributed by atoms with Gasteiger partial charge < -0.3 is 10.2 Å². The van der Waals surface area contributed by atoms with Crippen LogP contribution in [0.2, 0.25) is 0 Å². The number of carbonyl (C=O) groups excluding carboxylic acids is 1. The summed E-state index contributed by atoms with van der Waals surface area (Å²) in [5, 5.41) is 3.43. The number of amides is 1. The summed E-state index contributed by atoms with van der Waals surface area (Å²) in [5.74, 6) is 1.37. The van der Waals surface area contributed by atoms with Gasteiger partial charge in [0.05, 0.1) is 10.3 Å². The Hall–Kier alpha value is -0.390. The lowest BCUT2D eigenvalue weighted by Crippen LogP contribution is -2.36. The number of carbonyl (C=O) groups is 1. The van der Waals surface area contributed by atoms with E-state index in [1.807, 2.05) is 18.0 Å². The van der Waals surface area contributed by atoms with Crippen molar-refractivity contribution < 1.29 is 4.79 Å². The van der Waals surface area contributed by atoms with Gasteiger partial charge in [-0.1, -0.05) is 6.92 Å². The van der Waals surface area contributed by atoms with Gasteiger partial charge in [-0.05, 0) is 65.8 Å². The van der Waals surface area contributed by atoms with Crippen LogP contribution >= 0.6 is 27.3 Å². The first-order valence-electron chi connectivity index (χ1n) is 7.25. The van der Waals surface area contributed by atoms with Gasteiger partial charge in [0, 0.05) is 18.3 Å². The van der Waals surface area contributed by atoms with Crippen molar-refractivity contribution >= 4 is 33.2 Å². The van der Waals surface area contributed by atoms with Crippen molar-refractivity contribution in [2.45, 2.75) is 32.7 Å². The van der Waals surface area contributed by atoms with Crippen molar-refractivity contribution in [1.29, 1.82) is 0 Å². The topological polar surface area (TPSA) is 32.3 Å². The van der Waals surface area contributed by atoms with Crippen LogP contribution in [-0.2, 0) is 11.3 Å². The monoisotopic (exact) mass is 358 g/mol. The molecule has 0 spiro atoms. The van der Waals surface area contributed by atoms with Gasteiger partial charge in [0.1, 0.15) is 0 Å². The Balaban J connectivity index is 1.80. The second-order valence-electron chi connectivity index (χ2n) is 5.74. The minimum atomic E-state index is 0.257. The first kappa shape index (κ1) is 16.0. The van der Waals surface area contributed by atoms with E-state index in [4.69, 9.17) is 0 Å². The van der Waals surface area contributed by atoms with Gasteiger partial charge in [0.25, 0.3) is 0 Å². The third-order valence-corrected chi connectivity index (χ3v) is 5.69. The van der Waals surface area contributed by atoms with Crippen molar-refractivity contribution in [3.05, 3.63) is 20.8 Å². The molecule has 0 radical (unpaired) electrons. The zero-order valence-electron chi connectivity index (χ0n) is 12.2. The molecule has 1 aromatic heterocycles. The minimum Gasteiger partial charge on any atom is -0.341 e. The smallest absolute Gasteiger partial charge is 0.222 e. The Kier molecular flexibility index (Phi) is 6.05. The van der Waals surface area contributed by atoms with Crippen LogP contribution in [0, 0.1) is 11.8 Å². The zero-order valence-corrected chi connectivity index (χ0v) is 14.6. The molecule has 0 bridgehead atoms. The summed E-state index contributed by atoms with van der Waals surface area (Å²) < 4.78 is 1.12. The molecule has 2 atom stereocenters. The number of thiophene rings is 1. The van der Waals surface area contributed by atoms with E-state index >= 15 is 0 Å². The van der Waals surface area contributed by atoms with E-state index in [0.717, 1.165) is 16.9 Å². The Labute approximate surface area is 133 Å². The molecular weight excluding hydrogens is 336 g/mol. The van der Waals surface area contributed by atoms with Crippen LogP contribution in [0.5, 0.6) is 0 Å². The number of hydrogen-bond donors (Lipinski definition) is 1. The highest BCUT2D eigenvalue weighted by atomic mass is 79.9. The zero-order chi connectivity index (χ0) is 14.5. The Bertz CT molecular complexity index is 443. The van der Waals surface area contributed by atoms with E-state index in [-0.39, 0.29) is 5.91 Å². The molecule has 2 heterocycles. The third-order valence-electron chi connectivity index (χ3n) is 4.08. The van der Waals surface area contributed by atoms with E-state index in [0.29, 0.717) is 24.8 Å². The molecule has 1 aliphatic rings. The predicted octanol–water partition coefficient (Wildman–Crippen LogP) is 3.49. The van der Waals surface area contributed by atoms with Gasteiger partial charge in [0.2, 0.25) is 5.91 Å². The Morgan fingerprint density at radius 3 is 3.00 bits per heavy atom. The normalized spacial score (nSPS) is 20.6. The number of piperidine rings is 1. The molecule has 1 fully saturated rings. The Morgan fingerprint density at radius 2 is 2.40 bits per heavy atom. The van der Waals surface area contributed by atoms with Gasteiger partial charge in [-0.3, -0.25) is 4.79 Å². The molecule has 0 aliphatic carbocycles. The van der Waals surface area contributed by atoms with Gasteiger partial charge >= 0.3 is 0 Å². The lowest BCUT2D eigenvalue weighted by atomic mass is 9.85. The molecule has 20 heavy (non-hydrogen) atoms. The predicted molar refractivity (Wildman–Crippen MR) is 87.9 cm³/mol. The van der Waals surface area contributed by atoms with Gasteiger partial charge in [-0.15, -0.1) is 11.3 Å². The van der Waals surface area contributed by atoms with Gasteiger partial charge in [0.15, 0.2) is 0 Å². The summed E-state index contributed by atoms with van der Waals surface area (Å²) >= 11 is 5.15. The molecule has 0 aromatic carbocycles. The molecule has 1 saturated heterocycles. The summed E-state index contributed by atoms with van der Waals surface area (Å²) in [7, 11) is 1.90. The van der Waals surface area contributed by atoms with Crippen LogP contribution in [0.3, 0.4) is 0 Å². The number of rotatable bonds is 5. The summed E-state index contributed by atoms with van der Waals surface area (Å²) in [5.41, 5.74) is 0. The molecular formula is C15H23BrN2OS. The quantitative estimate of drug-likeness (QED) is 0.873. The van der Waals surface area contributed by atoms with Crippen LogP contribution in [0.15, 0.2) is 15.9 Å². The second kappa shape index (κ2) is 7.57. The lowest BCUT2D eigenvalue weighted by Gasteiger charge is -2.29. The van der Waals surface area contributed by atoms with Crippen LogP contribution in [0.1, 0.15) is 31.1 Å². The van der Waals surface area contributed by atoms with Crippen molar-refractivity contribution in [1.82, 2.24) is 10.2 Å². The van der Waals surface area contributed by atoms with E-state index in [1.54, 1.807) is 11.3 Å². The SMILES string of the molecule is CC(CC(=O)N(C)Cc1ccc(Br)s1)C1CCCNC1.